The normalized spacial score (nSPS) is 15.0. The highest BCUT2D eigenvalue weighted by Gasteiger charge is 2.19. The molecule has 0 fully saturated rings. The quantitative estimate of drug-likeness (QED) is 0.934. The first-order chi connectivity index (χ1) is 10.2. The van der Waals surface area contributed by atoms with Crippen molar-refractivity contribution >= 4 is 11.6 Å². The number of rotatable bonds is 4. The summed E-state index contributed by atoms with van der Waals surface area (Å²) >= 11 is 5.91. The van der Waals surface area contributed by atoms with Gasteiger partial charge in [0.15, 0.2) is 0 Å². The summed E-state index contributed by atoms with van der Waals surface area (Å²) < 4.78 is 11.3. The molecule has 21 heavy (non-hydrogen) atoms. The summed E-state index contributed by atoms with van der Waals surface area (Å²) in [7, 11) is 0. The maximum absolute atomic E-state index is 10.4. The Labute approximate surface area is 129 Å². The van der Waals surface area contributed by atoms with E-state index in [1.54, 1.807) is 12.1 Å². The lowest BCUT2D eigenvalue weighted by molar-refractivity contribution is 0.104. The first kappa shape index (κ1) is 14.2. The van der Waals surface area contributed by atoms with Crippen LogP contribution < -0.4 is 9.47 Å². The molecule has 3 rings (SSSR count). The molecule has 110 valence electrons. The maximum atomic E-state index is 10.4. The van der Waals surface area contributed by atoms with Crippen LogP contribution in [0.25, 0.3) is 0 Å². The largest absolute Gasteiger partial charge is 0.493 e. The highest BCUT2D eigenvalue weighted by molar-refractivity contribution is 6.30. The second-order valence-electron chi connectivity index (χ2n) is 5.07. The molecule has 1 atom stereocenters. The van der Waals surface area contributed by atoms with E-state index in [1.807, 2.05) is 30.3 Å². The molecule has 1 unspecified atom stereocenters. The molecule has 3 nitrogen and oxygen atoms in total. The Balaban J connectivity index is 1.72. The van der Waals surface area contributed by atoms with Gasteiger partial charge in [0, 0.05) is 10.6 Å². The van der Waals surface area contributed by atoms with Gasteiger partial charge in [-0.15, -0.1) is 0 Å². The van der Waals surface area contributed by atoms with Crippen LogP contribution in [-0.4, -0.2) is 18.3 Å². The van der Waals surface area contributed by atoms with Crippen molar-refractivity contribution in [3.63, 3.8) is 0 Å². The van der Waals surface area contributed by atoms with Crippen LogP contribution in [0.4, 0.5) is 0 Å². The molecule has 2 aromatic rings. The number of hydrogen-bond acceptors (Lipinski definition) is 3. The summed E-state index contributed by atoms with van der Waals surface area (Å²) in [5.41, 5.74) is 1.94. The summed E-state index contributed by atoms with van der Waals surface area (Å²) in [5.74, 6) is 1.46. The number of hydrogen-bond donors (Lipinski definition) is 1. The van der Waals surface area contributed by atoms with Crippen molar-refractivity contribution in [3.05, 3.63) is 58.6 Å². The smallest absolute Gasteiger partial charge is 0.128 e. The van der Waals surface area contributed by atoms with Crippen molar-refractivity contribution in [3.8, 4) is 11.5 Å². The molecule has 0 radical (unpaired) electrons. The molecule has 0 aromatic heterocycles. The Morgan fingerprint density at radius 2 is 2.10 bits per heavy atom. The van der Waals surface area contributed by atoms with Crippen LogP contribution in [-0.2, 0) is 6.42 Å². The van der Waals surface area contributed by atoms with Crippen molar-refractivity contribution in [2.45, 2.75) is 18.9 Å². The van der Waals surface area contributed by atoms with E-state index in [-0.39, 0.29) is 6.61 Å². The summed E-state index contributed by atoms with van der Waals surface area (Å²) in [6.45, 7) is 0.867. The molecular weight excluding hydrogens is 288 g/mol. The molecule has 1 heterocycles. The minimum absolute atomic E-state index is 0.167. The molecule has 2 aromatic carbocycles. The van der Waals surface area contributed by atoms with Gasteiger partial charge < -0.3 is 14.6 Å². The molecule has 1 aliphatic rings. The predicted molar refractivity (Wildman–Crippen MR) is 82.2 cm³/mol. The van der Waals surface area contributed by atoms with E-state index in [1.165, 1.54) is 0 Å². The van der Waals surface area contributed by atoms with Crippen LogP contribution in [0.1, 0.15) is 23.7 Å². The standard InChI is InChI=1S/C17H17ClO3/c18-13-6-2-7-14(10-13)21-11-16(19)15-8-1-4-12-5-3-9-20-17(12)15/h1-2,4,6-8,10,16,19H,3,5,9,11H2. The molecule has 1 N–H and O–H groups in total. The average Bonchev–Trinajstić information content (AvgIpc) is 2.52. The monoisotopic (exact) mass is 304 g/mol. The highest BCUT2D eigenvalue weighted by Crippen LogP contribution is 2.33. The second kappa shape index (κ2) is 6.37. The van der Waals surface area contributed by atoms with Gasteiger partial charge in [0.2, 0.25) is 0 Å². The fourth-order valence-corrected chi connectivity index (χ4v) is 2.68. The molecule has 0 aliphatic carbocycles. The summed E-state index contributed by atoms with van der Waals surface area (Å²) in [6.07, 6.45) is 1.29. The SMILES string of the molecule is OC(COc1cccc(Cl)c1)c1cccc2c1OCCC2. The number of aryl methyl sites for hydroxylation is 1. The van der Waals surface area contributed by atoms with Gasteiger partial charge in [-0.1, -0.05) is 35.9 Å². The first-order valence-electron chi connectivity index (χ1n) is 7.05. The van der Waals surface area contributed by atoms with Crippen LogP contribution >= 0.6 is 11.6 Å². The number of benzene rings is 2. The number of ether oxygens (including phenoxy) is 2. The first-order valence-corrected chi connectivity index (χ1v) is 7.43. The van der Waals surface area contributed by atoms with Crippen molar-refractivity contribution in [1.82, 2.24) is 0 Å². The van der Waals surface area contributed by atoms with Crippen LogP contribution in [0.2, 0.25) is 5.02 Å². The van der Waals surface area contributed by atoms with Crippen molar-refractivity contribution in [2.75, 3.05) is 13.2 Å². The zero-order chi connectivity index (χ0) is 14.7. The third kappa shape index (κ3) is 3.31. The average molecular weight is 305 g/mol. The van der Waals surface area contributed by atoms with E-state index < -0.39 is 6.10 Å². The number of halogens is 1. The summed E-state index contributed by atoms with van der Waals surface area (Å²) in [5, 5.41) is 11.0. The molecule has 0 bridgehead atoms. The number of aliphatic hydroxyl groups is 1. The Morgan fingerprint density at radius 1 is 1.24 bits per heavy atom. The zero-order valence-corrected chi connectivity index (χ0v) is 12.3. The van der Waals surface area contributed by atoms with Gasteiger partial charge in [-0.3, -0.25) is 0 Å². The summed E-state index contributed by atoms with van der Waals surface area (Å²) in [6, 6.07) is 13.0. The fraction of sp³-hybridized carbons (Fsp3) is 0.294. The minimum Gasteiger partial charge on any atom is -0.493 e. The van der Waals surface area contributed by atoms with Gasteiger partial charge in [0.25, 0.3) is 0 Å². The van der Waals surface area contributed by atoms with Gasteiger partial charge in [0.05, 0.1) is 6.61 Å². The minimum atomic E-state index is -0.725. The van der Waals surface area contributed by atoms with Crippen LogP contribution in [0.5, 0.6) is 11.5 Å². The van der Waals surface area contributed by atoms with E-state index >= 15 is 0 Å². The number of fused-ring (bicyclic) bond motifs is 1. The van der Waals surface area contributed by atoms with Gasteiger partial charge in [-0.2, -0.15) is 0 Å². The van der Waals surface area contributed by atoms with E-state index in [4.69, 9.17) is 21.1 Å². The lowest BCUT2D eigenvalue weighted by Gasteiger charge is -2.22. The Morgan fingerprint density at radius 3 is 2.95 bits per heavy atom. The molecule has 0 spiro atoms. The number of para-hydroxylation sites is 1. The van der Waals surface area contributed by atoms with E-state index in [9.17, 15) is 5.11 Å². The second-order valence-corrected chi connectivity index (χ2v) is 5.51. The van der Waals surface area contributed by atoms with Crippen LogP contribution in [0.15, 0.2) is 42.5 Å². The molecular formula is C17H17ClO3. The van der Waals surface area contributed by atoms with Gasteiger partial charge in [-0.25, -0.2) is 0 Å². The lowest BCUT2D eigenvalue weighted by Crippen LogP contribution is -2.15. The van der Waals surface area contributed by atoms with E-state index in [2.05, 4.69) is 0 Å². The van der Waals surface area contributed by atoms with Crippen molar-refractivity contribution in [2.24, 2.45) is 0 Å². The summed E-state index contributed by atoms with van der Waals surface area (Å²) in [4.78, 5) is 0. The topological polar surface area (TPSA) is 38.7 Å². The molecule has 4 heteroatoms. The maximum Gasteiger partial charge on any atom is 0.128 e. The van der Waals surface area contributed by atoms with Crippen molar-refractivity contribution in [1.29, 1.82) is 0 Å². The molecule has 0 amide bonds. The Kier molecular flexibility index (Phi) is 4.32. The lowest BCUT2D eigenvalue weighted by atomic mass is 9.99. The third-order valence-electron chi connectivity index (χ3n) is 3.53. The molecule has 0 saturated heterocycles. The third-order valence-corrected chi connectivity index (χ3v) is 3.76. The van der Waals surface area contributed by atoms with Crippen LogP contribution in [0.3, 0.4) is 0 Å². The number of aliphatic hydroxyl groups excluding tert-OH is 1. The van der Waals surface area contributed by atoms with Gasteiger partial charge >= 0.3 is 0 Å². The fourth-order valence-electron chi connectivity index (χ4n) is 2.50. The Bertz CT molecular complexity index is 627. The molecule has 1 aliphatic heterocycles. The van der Waals surface area contributed by atoms with Crippen LogP contribution in [0, 0.1) is 0 Å². The zero-order valence-electron chi connectivity index (χ0n) is 11.6. The molecule has 0 saturated carbocycles. The Hall–Kier alpha value is -1.71. The van der Waals surface area contributed by atoms with Crippen molar-refractivity contribution < 1.29 is 14.6 Å². The predicted octanol–water partition coefficient (Wildman–Crippen LogP) is 3.78. The van der Waals surface area contributed by atoms with Gasteiger partial charge in [0.1, 0.15) is 24.2 Å². The highest BCUT2D eigenvalue weighted by atomic mass is 35.5. The van der Waals surface area contributed by atoms with E-state index in [0.29, 0.717) is 17.4 Å². The van der Waals surface area contributed by atoms with Gasteiger partial charge in [-0.05, 0) is 36.6 Å². The van der Waals surface area contributed by atoms with E-state index in [0.717, 1.165) is 29.7 Å².